The molecular weight excluding hydrogens is 396 g/mol. The fourth-order valence-corrected chi connectivity index (χ4v) is 3.74. The minimum Gasteiger partial charge on any atom is -0.494 e. The molecule has 0 aromatic heterocycles. The van der Waals surface area contributed by atoms with Gasteiger partial charge in [-0.05, 0) is 60.9 Å². The maximum atomic E-state index is 13.5. The molecule has 4 nitrogen and oxygen atoms in total. The van der Waals surface area contributed by atoms with Gasteiger partial charge in [0.05, 0.1) is 12.2 Å². The quantitative estimate of drug-likeness (QED) is 0.457. The Morgan fingerprint density at radius 1 is 1.07 bits per heavy atom. The van der Waals surface area contributed by atoms with Gasteiger partial charge in [-0.3, -0.25) is 9.69 Å². The SMILES string of the molecule is CCCCOc1ccc([C@@H]2Nc3ccccc3C(=O)N2c2ccc(C)c(Cl)c2)cc1. The smallest absolute Gasteiger partial charge is 0.262 e. The number of unbranched alkanes of at least 4 members (excludes halogenated alkanes) is 1. The van der Waals surface area contributed by atoms with Crippen molar-refractivity contribution in [2.45, 2.75) is 32.9 Å². The number of carbonyl (C=O) groups excluding carboxylic acids is 1. The van der Waals surface area contributed by atoms with Crippen molar-refractivity contribution >= 4 is 28.9 Å². The molecule has 3 aromatic rings. The fourth-order valence-electron chi connectivity index (χ4n) is 3.57. The normalized spacial score (nSPS) is 15.5. The summed E-state index contributed by atoms with van der Waals surface area (Å²) in [4.78, 5) is 15.2. The number of nitrogens with one attached hydrogen (secondary N) is 1. The number of hydrogen-bond acceptors (Lipinski definition) is 3. The van der Waals surface area contributed by atoms with E-state index in [1.165, 1.54) is 0 Å². The first kappa shape index (κ1) is 20.3. The van der Waals surface area contributed by atoms with Crippen LogP contribution in [-0.2, 0) is 0 Å². The van der Waals surface area contributed by atoms with Crippen LogP contribution in [-0.4, -0.2) is 12.5 Å². The molecule has 1 heterocycles. The molecule has 1 aliphatic rings. The molecule has 5 heteroatoms. The lowest BCUT2D eigenvalue weighted by Gasteiger charge is -2.38. The predicted molar refractivity (Wildman–Crippen MR) is 123 cm³/mol. The zero-order valence-electron chi connectivity index (χ0n) is 17.2. The van der Waals surface area contributed by atoms with Crippen molar-refractivity contribution in [1.29, 1.82) is 0 Å². The number of carbonyl (C=O) groups is 1. The number of aryl methyl sites for hydroxylation is 1. The van der Waals surface area contributed by atoms with E-state index in [-0.39, 0.29) is 12.1 Å². The van der Waals surface area contributed by atoms with Gasteiger partial charge in [-0.15, -0.1) is 0 Å². The van der Waals surface area contributed by atoms with E-state index in [4.69, 9.17) is 16.3 Å². The third kappa shape index (κ3) is 4.01. The van der Waals surface area contributed by atoms with Gasteiger partial charge in [-0.2, -0.15) is 0 Å². The van der Waals surface area contributed by atoms with Gasteiger partial charge in [0.15, 0.2) is 0 Å². The Bertz CT molecular complexity index is 1050. The lowest BCUT2D eigenvalue weighted by molar-refractivity contribution is 0.0975. The standard InChI is InChI=1S/C25H25ClN2O2/c1-3-4-15-30-20-13-10-18(11-14-20)24-27-23-8-6-5-7-21(23)25(29)28(24)19-12-9-17(2)22(26)16-19/h5-14,16,24,27H,3-4,15H2,1-2H3/t24-/m1/s1. The second-order valence-electron chi connectivity index (χ2n) is 7.47. The average Bonchev–Trinajstić information content (AvgIpc) is 2.76. The maximum Gasteiger partial charge on any atom is 0.262 e. The van der Waals surface area contributed by atoms with E-state index in [0.29, 0.717) is 17.2 Å². The zero-order valence-corrected chi connectivity index (χ0v) is 17.9. The summed E-state index contributed by atoms with van der Waals surface area (Å²) in [5.41, 5.74) is 4.17. The van der Waals surface area contributed by atoms with Crippen LogP contribution in [0.2, 0.25) is 5.02 Å². The molecule has 0 aliphatic carbocycles. The van der Waals surface area contributed by atoms with Crippen LogP contribution in [0.1, 0.15) is 47.4 Å². The summed E-state index contributed by atoms with van der Waals surface area (Å²) in [6, 6.07) is 21.2. The van der Waals surface area contributed by atoms with Crippen LogP contribution in [0.3, 0.4) is 0 Å². The van der Waals surface area contributed by atoms with Crippen LogP contribution in [0.25, 0.3) is 0 Å². The molecule has 154 valence electrons. The van der Waals surface area contributed by atoms with Crippen LogP contribution in [0.4, 0.5) is 11.4 Å². The first-order valence-corrected chi connectivity index (χ1v) is 10.6. The molecule has 0 saturated carbocycles. The van der Waals surface area contributed by atoms with Gasteiger partial charge in [-0.1, -0.05) is 55.3 Å². The number of rotatable bonds is 6. The van der Waals surface area contributed by atoms with E-state index in [1.807, 2.05) is 73.7 Å². The van der Waals surface area contributed by atoms with E-state index in [2.05, 4.69) is 12.2 Å². The van der Waals surface area contributed by atoms with Gasteiger partial charge in [0.1, 0.15) is 11.9 Å². The van der Waals surface area contributed by atoms with Crippen molar-refractivity contribution in [1.82, 2.24) is 0 Å². The average molecular weight is 421 g/mol. The van der Waals surface area contributed by atoms with Crippen LogP contribution in [0.15, 0.2) is 66.7 Å². The Balaban J connectivity index is 1.71. The second kappa shape index (κ2) is 8.80. The summed E-state index contributed by atoms with van der Waals surface area (Å²) in [5.74, 6) is 0.775. The molecule has 1 N–H and O–H groups in total. The molecule has 1 aliphatic heterocycles. The van der Waals surface area contributed by atoms with Crippen molar-refractivity contribution in [3.8, 4) is 5.75 Å². The van der Waals surface area contributed by atoms with Crippen molar-refractivity contribution < 1.29 is 9.53 Å². The molecule has 1 amide bonds. The number of amides is 1. The van der Waals surface area contributed by atoms with Crippen LogP contribution in [0, 0.1) is 6.92 Å². The summed E-state index contributed by atoms with van der Waals surface area (Å²) in [6.07, 6.45) is 1.77. The van der Waals surface area contributed by atoms with Crippen molar-refractivity contribution in [3.63, 3.8) is 0 Å². The van der Waals surface area contributed by atoms with Crippen molar-refractivity contribution in [3.05, 3.63) is 88.4 Å². The van der Waals surface area contributed by atoms with Gasteiger partial charge >= 0.3 is 0 Å². The van der Waals surface area contributed by atoms with Gasteiger partial charge in [0, 0.05) is 16.4 Å². The highest BCUT2D eigenvalue weighted by Gasteiger charge is 2.34. The Morgan fingerprint density at radius 2 is 1.83 bits per heavy atom. The largest absolute Gasteiger partial charge is 0.494 e. The number of benzene rings is 3. The summed E-state index contributed by atoms with van der Waals surface area (Å²) in [5, 5.41) is 4.16. The molecule has 0 bridgehead atoms. The van der Waals surface area contributed by atoms with Crippen molar-refractivity contribution in [2.24, 2.45) is 0 Å². The Labute approximate surface area is 182 Å². The molecule has 0 fully saturated rings. The van der Waals surface area contributed by atoms with Crippen LogP contribution in [0.5, 0.6) is 5.75 Å². The number of ether oxygens (including phenoxy) is 1. The first-order chi connectivity index (χ1) is 14.6. The molecule has 1 atom stereocenters. The maximum absolute atomic E-state index is 13.5. The van der Waals surface area contributed by atoms with E-state index < -0.39 is 0 Å². The van der Waals surface area contributed by atoms with Gasteiger partial charge in [0.25, 0.3) is 5.91 Å². The monoisotopic (exact) mass is 420 g/mol. The van der Waals surface area contributed by atoms with E-state index >= 15 is 0 Å². The number of hydrogen-bond donors (Lipinski definition) is 1. The molecule has 0 unspecified atom stereocenters. The van der Waals surface area contributed by atoms with Gasteiger partial charge in [-0.25, -0.2) is 0 Å². The molecule has 0 spiro atoms. The molecule has 0 radical (unpaired) electrons. The third-order valence-electron chi connectivity index (χ3n) is 5.32. The zero-order chi connectivity index (χ0) is 21.1. The highest BCUT2D eigenvalue weighted by Crippen LogP contribution is 2.38. The summed E-state index contributed by atoms with van der Waals surface area (Å²) < 4.78 is 5.79. The first-order valence-electron chi connectivity index (χ1n) is 10.3. The number of halogens is 1. The number of fused-ring (bicyclic) bond motifs is 1. The van der Waals surface area contributed by atoms with E-state index in [1.54, 1.807) is 4.90 Å². The summed E-state index contributed by atoms with van der Waals surface area (Å²) in [6.45, 7) is 4.80. The van der Waals surface area contributed by atoms with Gasteiger partial charge in [0.2, 0.25) is 0 Å². The Kier molecular flexibility index (Phi) is 5.96. The molecular formula is C25H25ClN2O2. The molecule has 4 rings (SSSR count). The minimum atomic E-state index is -0.351. The topological polar surface area (TPSA) is 41.6 Å². The summed E-state index contributed by atoms with van der Waals surface area (Å²) in [7, 11) is 0. The van der Waals surface area contributed by atoms with E-state index in [0.717, 1.165) is 41.1 Å². The van der Waals surface area contributed by atoms with Crippen LogP contribution >= 0.6 is 11.6 Å². The molecule has 30 heavy (non-hydrogen) atoms. The second-order valence-corrected chi connectivity index (χ2v) is 7.88. The highest BCUT2D eigenvalue weighted by molar-refractivity contribution is 6.31. The predicted octanol–water partition coefficient (Wildman–Crippen LogP) is 6.60. The fraction of sp³-hybridized carbons (Fsp3) is 0.240. The molecule has 3 aromatic carbocycles. The lowest BCUT2D eigenvalue weighted by atomic mass is 10.0. The Morgan fingerprint density at radius 3 is 2.57 bits per heavy atom. The minimum absolute atomic E-state index is 0.0578. The number of para-hydroxylation sites is 1. The Hall–Kier alpha value is -2.98. The van der Waals surface area contributed by atoms with Gasteiger partial charge < -0.3 is 10.1 Å². The van der Waals surface area contributed by atoms with Crippen LogP contribution < -0.4 is 15.0 Å². The lowest BCUT2D eigenvalue weighted by Crippen LogP contribution is -2.43. The summed E-state index contributed by atoms with van der Waals surface area (Å²) >= 11 is 6.38. The van der Waals surface area contributed by atoms with E-state index in [9.17, 15) is 4.79 Å². The van der Waals surface area contributed by atoms with Crippen molar-refractivity contribution in [2.75, 3.05) is 16.8 Å². The third-order valence-corrected chi connectivity index (χ3v) is 5.73. The number of nitrogens with zero attached hydrogens (tertiary/aromatic N) is 1. The molecule has 0 saturated heterocycles. The number of anilines is 2. The highest BCUT2D eigenvalue weighted by atomic mass is 35.5.